The van der Waals surface area contributed by atoms with E-state index < -0.39 is 22.9 Å². The van der Waals surface area contributed by atoms with Crippen molar-refractivity contribution in [3.8, 4) is 0 Å². The Bertz CT molecular complexity index is 639. The van der Waals surface area contributed by atoms with Gasteiger partial charge in [-0.05, 0) is 0 Å². The minimum atomic E-state index is -0.834. The second-order valence-electron chi connectivity index (χ2n) is 6.69. The Morgan fingerprint density at radius 1 is 1.04 bits per heavy atom. The molecule has 0 nitrogen and oxygen atoms in total. The Balaban J connectivity index is 0.00000144. The third-order valence-electron chi connectivity index (χ3n) is 4.42. The fourth-order valence-corrected chi connectivity index (χ4v) is 14.1. The Morgan fingerprint density at radius 3 is 2.29 bits per heavy atom. The molecule has 2 aliphatic carbocycles. The average molecular weight is 546 g/mol. The molecule has 1 aromatic carbocycles. The van der Waals surface area contributed by atoms with Crippen LogP contribution in [0.25, 0.3) is 6.08 Å². The molecule has 0 spiro atoms. The average Bonchev–Trinajstić information content (AvgIpc) is 3.08. The van der Waals surface area contributed by atoms with Crippen LogP contribution in [0, 0.1) is 0 Å². The fourth-order valence-electron chi connectivity index (χ4n) is 3.61. The maximum absolute atomic E-state index is 2.57. The van der Waals surface area contributed by atoms with E-state index in [2.05, 4.69) is 76.3 Å². The predicted molar refractivity (Wildman–Crippen MR) is 96.2 cm³/mol. The molecule has 0 aliphatic heterocycles. The maximum Gasteiger partial charge on any atom is -1.00 e. The van der Waals surface area contributed by atoms with Crippen LogP contribution in [0.1, 0.15) is 48.9 Å². The van der Waals surface area contributed by atoms with Crippen molar-refractivity contribution in [1.82, 2.24) is 0 Å². The summed E-state index contributed by atoms with van der Waals surface area (Å²) >= 11 is -0.834. The molecule has 0 saturated carbocycles. The molecule has 24 heavy (non-hydrogen) atoms. The summed E-state index contributed by atoms with van der Waals surface area (Å²) < 4.78 is 2.59. The van der Waals surface area contributed by atoms with Gasteiger partial charge in [0.15, 0.2) is 0 Å². The van der Waals surface area contributed by atoms with Gasteiger partial charge in [0.25, 0.3) is 0 Å². The molecule has 0 fully saturated rings. The number of hydrogen-bond donors (Lipinski definition) is 0. The van der Waals surface area contributed by atoms with Crippen molar-refractivity contribution in [1.29, 1.82) is 0 Å². The van der Waals surface area contributed by atoms with Gasteiger partial charge in [-0.2, -0.15) is 0 Å². The molecule has 1 unspecified atom stereocenters. The van der Waals surface area contributed by atoms with E-state index in [1.807, 2.05) is 5.31 Å². The van der Waals surface area contributed by atoms with Gasteiger partial charge in [0.1, 0.15) is 0 Å². The van der Waals surface area contributed by atoms with Crippen LogP contribution in [0.15, 0.2) is 51.1 Å². The standard InChI is InChI=1S/C15H20P.C5H5.2ClH.Hf/c1-11(2)16(12(3)4)15-9-13-7-5-6-8-14(13)10-15;1-2-4-5-3-1;;;/h5-12H,1-4H3;1-3H,4H2;2*1H;/q;;;;+2/p-2. The van der Waals surface area contributed by atoms with E-state index in [1.54, 1.807) is 8.89 Å². The second kappa shape index (κ2) is 9.86. The summed E-state index contributed by atoms with van der Waals surface area (Å²) in [4.78, 5) is 0. The summed E-state index contributed by atoms with van der Waals surface area (Å²) in [6.45, 7) is 9.71. The van der Waals surface area contributed by atoms with Crippen molar-refractivity contribution >= 4 is 14.0 Å². The van der Waals surface area contributed by atoms with Crippen LogP contribution in [0.4, 0.5) is 0 Å². The summed E-state index contributed by atoms with van der Waals surface area (Å²) in [7, 11) is -0.0236. The van der Waals surface area contributed by atoms with Crippen molar-refractivity contribution in [3.05, 3.63) is 62.3 Å². The number of hydrogen-bond acceptors (Lipinski definition) is 0. The van der Waals surface area contributed by atoms with Crippen molar-refractivity contribution in [2.24, 2.45) is 0 Å². The zero-order valence-corrected chi connectivity index (χ0v) is 20.8. The first-order chi connectivity index (χ1) is 10.6. The van der Waals surface area contributed by atoms with Crippen molar-refractivity contribution < 1.29 is 47.7 Å². The minimum absolute atomic E-state index is 0. The molecule has 0 saturated heterocycles. The van der Waals surface area contributed by atoms with Crippen LogP contribution >= 0.6 is 7.92 Å². The molecular weight excluding hydrogens is 521 g/mol. The van der Waals surface area contributed by atoms with Gasteiger partial charge in [0.2, 0.25) is 0 Å². The van der Waals surface area contributed by atoms with E-state index in [-0.39, 0.29) is 32.7 Å². The van der Waals surface area contributed by atoms with Crippen LogP contribution in [-0.4, -0.2) is 11.3 Å². The first-order valence-corrected chi connectivity index (χ1v) is 13.6. The van der Waals surface area contributed by atoms with Crippen molar-refractivity contribution in [2.75, 3.05) is 0 Å². The van der Waals surface area contributed by atoms with E-state index in [9.17, 15) is 0 Å². The van der Waals surface area contributed by atoms with Crippen molar-refractivity contribution in [2.45, 2.75) is 49.1 Å². The zero-order chi connectivity index (χ0) is 15.7. The number of rotatable bonds is 5. The molecule has 128 valence electrons. The molecule has 0 aromatic heterocycles. The molecular formula is C20H25Cl2HfP. The van der Waals surface area contributed by atoms with E-state index in [0.29, 0.717) is 0 Å². The molecule has 3 rings (SSSR count). The van der Waals surface area contributed by atoms with Crippen LogP contribution in [0.5, 0.6) is 0 Å². The Labute approximate surface area is 172 Å². The smallest absolute Gasteiger partial charge is 1.00 e. The first-order valence-electron chi connectivity index (χ1n) is 8.29. The SMILES string of the molecule is CC(C)P(C1=Cc2ccccc2[CH]1[Hf+2][C]1=CC=CC1)C(C)C.[Cl-].[Cl-]. The van der Waals surface area contributed by atoms with Gasteiger partial charge in [0.05, 0.1) is 0 Å². The number of fused-ring (bicyclic) bond motifs is 1. The van der Waals surface area contributed by atoms with Crippen LogP contribution in [-0.2, 0) is 22.9 Å². The molecule has 1 atom stereocenters. The topological polar surface area (TPSA) is 0 Å². The van der Waals surface area contributed by atoms with Crippen LogP contribution in [0.3, 0.4) is 0 Å². The van der Waals surface area contributed by atoms with Gasteiger partial charge in [0, 0.05) is 0 Å². The van der Waals surface area contributed by atoms with E-state index in [0.717, 1.165) is 15.0 Å². The summed E-state index contributed by atoms with van der Waals surface area (Å²) in [5, 5.41) is 1.82. The third-order valence-corrected chi connectivity index (χ3v) is 14.4. The zero-order valence-electron chi connectivity index (χ0n) is 14.8. The number of halogens is 2. The van der Waals surface area contributed by atoms with Crippen LogP contribution < -0.4 is 24.8 Å². The summed E-state index contributed by atoms with van der Waals surface area (Å²) in [6.07, 6.45) is 10.8. The van der Waals surface area contributed by atoms with Gasteiger partial charge >= 0.3 is 148 Å². The molecule has 1 aromatic rings. The van der Waals surface area contributed by atoms with Crippen molar-refractivity contribution in [3.63, 3.8) is 0 Å². The summed E-state index contributed by atoms with van der Waals surface area (Å²) in [5.74, 6) is 0. The predicted octanol–water partition coefficient (Wildman–Crippen LogP) is 0.315. The number of allylic oxidation sites excluding steroid dienone is 5. The van der Waals surface area contributed by atoms with Gasteiger partial charge in [-0.3, -0.25) is 0 Å². The fraction of sp³-hybridized carbons (Fsp3) is 0.400. The normalized spacial score (nSPS) is 18.0. The second-order valence-corrected chi connectivity index (χ2v) is 15.5. The van der Waals surface area contributed by atoms with Gasteiger partial charge in [-0.1, -0.05) is 0 Å². The molecule has 0 amide bonds. The van der Waals surface area contributed by atoms with Gasteiger partial charge in [-0.15, -0.1) is 0 Å². The van der Waals surface area contributed by atoms with E-state index in [4.69, 9.17) is 0 Å². The molecule has 0 N–H and O–H groups in total. The molecule has 2 aliphatic rings. The van der Waals surface area contributed by atoms with E-state index in [1.165, 1.54) is 12.0 Å². The first kappa shape index (κ1) is 22.4. The number of benzene rings is 1. The maximum atomic E-state index is 2.57. The van der Waals surface area contributed by atoms with Gasteiger partial charge < -0.3 is 24.8 Å². The monoisotopic (exact) mass is 546 g/mol. The Hall–Kier alpha value is 0.320. The Morgan fingerprint density at radius 2 is 1.71 bits per heavy atom. The summed E-state index contributed by atoms with van der Waals surface area (Å²) in [6, 6.07) is 9.16. The summed E-state index contributed by atoms with van der Waals surface area (Å²) in [5.41, 5.74) is 4.73. The van der Waals surface area contributed by atoms with Crippen LogP contribution in [0.2, 0.25) is 0 Å². The Kier molecular flexibility index (Phi) is 9.19. The molecule has 4 heteroatoms. The minimum Gasteiger partial charge on any atom is -1.00 e. The molecule has 0 radical (unpaired) electrons. The van der Waals surface area contributed by atoms with Gasteiger partial charge in [-0.25, -0.2) is 0 Å². The molecule has 0 bridgehead atoms. The molecule has 0 heterocycles. The van der Waals surface area contributed by atoms with E-state index >= 15 is 0 Å². The quantitative estimate of drug-likeness (QED) is 0.369. The third kappa shape index (κ3) is 4.73. The largest absolute Gasteiger partial charge is 1.00 e.